The molecule has 0 radical (unpaired) electrons. The molecule has 0 aliphatic rings. The maximum absolute atomic E-state index is 5.81. The average molecular weight is 500 g/mol. The molecular weight excluding hydrogens is 471 g/mol. The van der Waals surface area contributed by atoms with E-state index in [-0.39, 0.29) is 0 Å². The van der Waals surface area contributed by atoms with Crippen LogP contribution >= 0.6 is 22.6 Å². The smallest absolute Gasteiger partial charge is 0.0716 e. The van der Waals surface area contributed by atoms with E-state index in [1.165, 1.54) is 25.8 Å². The van der Waals surface area contributed by atoms with Crippen LogP contribution in [0.4, 0.5) is 0 Å². The minimum absolute atomic E-state index is 0.696. The van der Waals surface area contributed by atoms with Crippen LogP contribution in [0.1, 0.15) is 35.1 Å². The van der Waals surface area contributed by atoms with Crippen molar-refractivity contribution in [3.63, 3.8) is 0 Å². The highest BCUT2D eigenvalue weighted by Crippen LogP contribution is 2.16. The van der Waals surface area contributed by atoms with E-state index in [2.05, 4.69) is 89.3 Å². The molecule has 0 atom stereocenters. The van der Waals surface area contributed by atoms with Crippen molar-refractivity contribution in [2.75, 3.05) is 13.2 Å². The third kappa shape index (κ3) is 8.69. The van der Waals surface area contributed by atoms with E-state index < -0.39 is 0 Å². The van der Waals surface area contributed by atoms with Gasteiger partial charge in [-0.15, -0.1) is 0 Å². The van der Waals surface area contributed by atoms with E-state index in [0.29, 0.717) is 13.2 Å². The molecule has 0 saturated heterocycles. The van der Waals surface area contributed by atoms with Crippen LogP contribution in [0.25, 0.3) is 0 Å². The predicted molar refractivity (Wildman–Crippen MR) is 128 cm³/mol. The van der Waals surface area contributed by atoms with Gasteiger partial charge in [-0.25, -0.2) is 0 Å². The van der Waals surface area contributed by atoms with Crippen LogP contribution in [0.15, 0.2) is 78.9 Å². The maximum Gasteiger partial charge on any atom is 0.0716 e. The molecular formula is C26H29IO2. The van der Waals surface area contributed by atoms with Crippen molar-refractivity contribution in [1.82, 2.24) is 0 Å². The average Bonchev–Trinajstić information content (AvgIpc) is 2.74. The molecule has 0 bridgehead atoms. The van der Waals surface area contributed by atoms with Crippen LogP contribution in [-0.4, -0.2) is 13.2 Å². The first kappa shape index (κ1) is 22.0. The maximum atomic E-state index is 5.81. The van der Waals surface area contributed by atoms with E-state index in [0.717, 1.165) is 38.9 Å². The topological polar surface area (TPSA) is 18.5 Å². The van der Waals surface area contributed by atoms with Gasteiger partial charge in [0.25, 0.3) is 0 Å². The van der Waals surface area contributed by atoms with Crippen LogP contribution in [0.2, 0.25) is 0 Å². The lowest BCUT2D eigenvalue weighted by Crippen LogP contribution is -2.00. The Hall–Kier alpha value is -1.69. The van der Waals surface area contributed by atoms with E-state index in [1.54, 1.807) is 0 Å². The Labute approximate surface area is 188 Å². The molecule has 0 saturated carbocycles. The van der Waals surface area contributed by atoms with Crippen LogP contribution in [-0.2, 0) is 35.5 Å². The summed E-state index contributed by atoms with van der Waals surface area (Å²) in [6, 6.07) is 27.6. The molecule has 0 aromatic heterocycles. The van der Waals surface area contributed by atoms with Crippen LogP contribution in [0, 0.1) is 3.57 Å². The van der Waals surface area contributed by atoms with E-state index in [4.69, 9.17) is 9.47 Å². The Bertz CT molecular complexity index is 766. The molecule has 3 aromatic carbocycles. The van der Waals surface area contributed by atoms with Crippen molar-refractivity contribution < 1.29 is 9.47 Å². The monoisotopic (exact) mass is 500 g/mol. The zero-order valence-corrected chi connectivity index (χ0v) is 19.0. The van der Waals surface area contributed by atoms with Gasteiger partial charge in [-0.1, -0.05) is 66.7 Å². The first-order valence-corrected chi connectivity index (χ1v) is 11.4. The normalized spacial score (nSPS) is 10.9. The molecule has 0 N–H and O–H groups in total. The van der Waals surface area contributed by atoms with E-state index in [9.17, 15) is 0 Å². The summed E-state index contributed by atoms with van der Waals surface area (Å²) in [6.45, 7) is 2.98. The molecule has 2 nitrogen and oxygen atoms in total. The minimum atomic E-state index is 0.696. The summed E-state index contributed by atoms with van der Waals surface area (Å²) < 4.78 is 12.9. The second-order valence-electron chi connectivity index (χ2n) is 7.25. The largest absolute Gasteiger partial charge is 0.377 e. The molecule has 29 heavy (non-hydrogen) atoms. The molecule has 0 spiro atoms. The zero-order chi connectivity index (χ0) is 20.2. The van der Waals surface area contributed by atoms with Gasteiger partial charge in [0.05, 0.1) is 13.2 Å². The summed E-state index contributed by atoms with van der Waals surface area (Å²) in [6.07, 6.45) is 4.21. The SMILES string of the molecule is Ic1cc(CCCOCc2ccccc2)cc(CCCOCc2ccccc2)c1. The highest BCUT2D eigenvalue weighted by Gasteiger charge is 2.02. The van der Waals surface area contributed by atoms with Gasteiger partial charge in [-0.05, 0) is 82.7 Å². The van der Waals surface area contributed by atoms with Crippen molar-refractivity contribution in [3.05, 3.63) is 105 Å². The van der Waals surface area contributed by atoms with Crippen molar-refractivity contribution in [2.24, 2.45) is 0 Å². The Balaban J connectivity index is 1.34. The fourth-order valence-electron chi connectivity index (χ4n) is 3.29. The Morgan fingerprint density at radius 2 is 1.00 bits per heavy atom. The molecule has 0 amide bonds. The summed E-state index contributed by atoms with van der Waals surface area (Å²) >= 11 is 2.42. The quantitative estimate of drug-likeness (QED) is 0.206. The number of benzene rings is 3. The van der Waals surface area contributed by atoms with Gasteiger partial charge in [0, 0.05) is 16.8 Å². The van der Waals surface area contributed by atoms with Gasteiger partial charge >= 0.3 is 0 Å². The summed E-state index contributed by atoms with van der Waals surface area (Å²) in [5.41, 5.74) is 5.28. The number of hydrogen-bond donors (Lipinski definition) is 0. The number of aryl methyl sites for hydroxylation is 2. The second kappa shape index (κ2) is 12.8. The molecule has 0 aliphatic heterocycles. The molecule has 3 aromatic rings. The molecule has 3 rings (SSSR count). The fraction of sp³-hybridized carbons (Fsp3) is 0.308. The molecule has 152 valence electrons. The summed E-state index contributed by atoms with van der Waals surface area (Å²) in [7, 11) is 0. The third-order valence-electron chi connectivity index (χ3n) is 4.75. The Morgan fingerprint density at radius 3 is 1.45 bits per heavy atom. The minimum Gasteiger partial charge on any atom is -0.377 e. The van der Waals surface area contributed by atoms with Crippen LogP contribution in [0.5, 0.6) is 0 Å². The van der Waals surface area contributed by atoms with Crippen molar-refractivity contribution >= 4 is 22.6 Å². The molecule has 0 aliphatic carbocycles. The first-order chi connectivity index (χ1) is 14.3. The fourth-order valence-corrected chi connectivity index (χ4v) is 4.09. The molecule has 0 fully saturated rings. The number of ether oxygens (including phenoxy) is 2. The van der Waals surface area contributed by atoms with Crippen molar-refractivity contribution in [1.29, 1.82) is 0 Å². The standard InChI is InChI=1S/C26H29IO2/c27-26-18-24(13-7-15-28-20-22-9-3-1-4-10-22)17-25(19-26)14-8-16-29-21-23-11-5-2-6-12-23/h1-6,9-12,17-19H,7-8,13-16,20-21H2. The summed E-state index contributed by atoms with van der Waals surface area (Å²) in [4.78, 5) is 0. The van der Waals surface area contributed by atoms with Gasteiger partial charge in [0.1, 0.15) is 0 Å². The summed E-state index contributed by atoms with van der Waals surface area (Å²) in [5.74, 6) is 0. The molecule has 0 heterocycles. The first-order valence-electron chi connectivity index (χ1n) is 10.3. The Morgan fingerprint density at radius 1 is 0.552 bits per heavy atom. The lowest BCUT2D eigenvalue weighted by Gasteiger charge is -2.09. The number of halogens is 1. The van der Waals surface area contributed by atoms with Crippen molar-refractivity contribution in [2.45, 2.75) is 38.9 Å². The number of rotatable bonds is 12. The van der Waals surface area contributed by atoms with Gasteiger partial charge in [0.2, 0.25) is 0 Å². The van der Waals surface area contributed by atoms with E-state index in [1.807, 2.05) is 12.1 Å². The van der Waals surface area contributed by atoms with Crippen LogP contribution in [0.3, 0.4) is 0 Å². The van der Waals surface area contributed by atoms with Gasteiger partial charge < -0.3 is 9.47 Å². The van der Waals surface area contributed by atoms with E-state index >= 15 is 0 Å². The zero-order valence-electron chi connectivity index (χ0n) is 16.9. The van der Waals surface area contributed by atoms with Crippen molar-refractivity contribution in [3.8, 4) is 0 Å². The Kier molecular flexibility index (Phi) is 9.70. The van der Waals surface area contributed by atoms with Crippen LogP contribution < -0.4 is 0 Å². The highest BCUT2D eigenvalue weighted by molar-refractivity contribution is 14.1. The predicted octanol–water partition coefficient (Wildman–Crippen LogP) is 6.59. The second-order valence-corrected chi connectivity index (χ2v) is 8.50. The molecule has 0 unspecified atom stereocenters. The highest BCUT2D eigenvalue weighted by atomic mass is 127. The lowest BCUT2D eigenvalue weighted by atomic mass is 10.0. The van der Waals surface area contributed by atoms with Gasteiger partial charge in [0.15, 0.2) is 0 Å². The lowest BCUT2D eigenvalue weighted by molar-refractivity contribution is 0.118. The molecule has 3 heteroatoms. The number of hydrogen-bond acceptors (Lipinski definition) is 2. The van der Waals surface area contributed by atoms with Gasteiger partial charge in [-0.3, -0.25) is 0 Å². The third-order valence-corrected chi connectivity index (χ3v) is 5.37. The van der Waals surface area contributed by atoms with Gasteiger partial charge in [-0.2, -0.15) is 0 Å². The summed E-state index contributed by atoms with van der Waals surface area (Å²) in [5, 5.41) is 0.